The molecule has 3 unspecified atom stereocenters. The van der Waals surface area contributed by atoms with E-state index in [-0.39, 0.29) is 35.5 Å². The van der Waals surface area contributed by atoms with Crippen LogP contribution in [0, 0.1) is 17.8 Å². The van der Waals surface area contributed by atoms with Crippen LogP contribution in [-0.4, -0.2) is 43.7 Å². The van der Waals surface area contributed by atoms with Gasteiger partial charge in [-0.3, -0.25) is 4.79 Å². The summed E-state index contributed by atoms with van der Waals surface area (Å²) in [5, 5.41) is 20.3. The highest BCUT2D eigenvalue weighted by Crippen LogP contribution is 2.57. The minimum atomic E-state index is -1.04. The van der Waals surface area contributed by atoms with Gasteiger partial charge in [-0.25, -0.2) is 9.78 Å². The highest BCUT2D eigenvalue weighted by molar-refractivity contribution is 8.00. The summed E-state index contributed by atoms with van der Waals surface area (Å²) in [6.07, 6.45) is 9.06. The molecule has 2 saturated carbocycles. The molecule has 35 heavy (non-hydrogen) atoms. The Balaban J connectivity index is 1.56. The van der Waals surface area contributed by atoms with Crippen molar-refractivity contribution in [2.45, 2.75) is 67.6 Å². The fourth-order valence-electron chi connectivity index (χ4n) is 6.24. The normalized spacial score (nSPS) is 26.2. The fraction of sp³-hybridized carbons (Fsp3) is 0.560. The number of hydrogen-bond acceptors (Lipinski definition) is 6. The van der Waals surface area contributed by atoms with E-state index in [2.05, 4.69) is 9.97 Å². The van der Waals surface area contributed by atoms with Gasteiger partial charge in [0.05, 0.1) is 6.33 Å². The van der Waals surface area contributed by atoms with Gasteiger partial charge in [-0.1, -0.05) is 49.0 Å². The summed E-state index contributed by atoms with van der Waals surface area (Å²) in [5.41, 5.74) is 1.01. The molecule has 0 saturated heterocycles. The molecule has 2 aliphatic carbocycles. The summed E-state index contributed by atoms with van der Waals surface area (Å²) in [7, 11) is 0. The van der Waals surface area contributed by atoms with Gasteiger partial charge in [-0.2, -0.15) is 0 Å². The van der Waals surface area contributed by atoms with Gasteiger partial charge in [0.25, 0.3) is 0 Å². The molecule has 1 aromatic carbocycles. The average Bonchev–Trinajstić information content (AvgIpc) is 3.57. The predicted octanol–water partition coefficient (Wildman–Crippen LogP) is 5.64. The molecule has 1 aliphatic heterocycles. The Morgan fingerprint density at radius 2 is 1.91 bits per heavy atom. The lowest BCUT2D eigenvalue weighted by Crippen LogP contribution is -2.45. The Morgan fingerprint density at radius 3 is 2.63 bits per heavy atom. The number of carbonyl (C=O) groups is 2. The molecule has 3 aliphatic rings. The molecule has 188 valence electrons. The predicted molar refractivity (Wildman–Crippen MR) is 130 cm³/mol. The molecular formula is C25H29ClN2O6S. The topological polar surface area (TPSA) is 122 Å². The van der Waals surface area contributed by atoms with E-state index in [1.54, 1.807) is 6.07 Å². The third-order valence-corrected chi connectivity index (χ3v) is 9.73. The molecule has 8 nitrogen and oxygen atoms in total. The summed E-state index contributed by atoms with van der Waals surface area (Å²) >= 11 is 8.24. The van der Waals surface area contributed by atoms with Gasteiger partial charge < -0.3 is 24.7 Å². The molecule has 3 atom stereocenters. The van der Waals surface area contributed by atoms with E-state index >= 15 is 0 Å². The van der Waals surface area contributed by atoms with E-state index in [9.17, 15) is 19.8 Å². The van der Waals surface area contributed by atoms with E-state index < -0.39 is 11.9 Å². The first-order chi connectivity index (χ1) is 16.8. The minimum absolute atomic E-state index is 0.0870. The number of ether oxygens (including phenoxy) is 2. The van der Waals surface area contributed by atoms with Gasteiger partial charge in [0.2, 0.25) is 6.79 Å². The fourth-order valence-corrected chi connectivity index (χ4v) is 8.09. The highest BCUT2D eigenvalue weighted by atomic mass is 35.5. The van der Waals surface area contributed by atoms with Crippen LogP contribution in [0.2, 0.25) is 5.02 Å². The van der Waals surface area contributed by atoms with E-state index in [1.165, 1.54) is 30.9 Å². The van der Waals surface area contributed by atoms with Crippen molar-refractivity contribution in [3.05, 3.63) is 34.7 Å². The Morgan fingerprint density at radius 1 is 1.17 bits per heavy atom. The monoisotopic (exact) mass is 520 g/mol. The zero-order chi connectivity index (χ0) is 24.6. The minimum Gasteiger partial charge on any atom is -0.481 e. The first-order valence-corrected chi connectivity index (χ1v) is 13.3. The van der Waals surface area contributed by atoms with E-state index in [1.807, 2.05) is 6.07 Å². The van der Waals surface area contributed by atoms with Crippen LogP contribution in [0.15, 0.2) is 23.5 Å². The zero-order valence-corrected chi connectivity index (χ0v) is 20.9. The molecule has 0 bridgehead atoms. The molecule has 1 aromatic heterocycles. The molecular weight excluding hydrogens is 492 g/mol. The van der Waals surface area contributed by atoms with Crippen LogP contribution in [0.3, 0.4) is 0 Å². The number of thioether (sulfide) groups is 1. The summed E-state index contributed by atoms with van der Waals surface area (Å²) < 4.78 is 10.7. The number of imidazole rings is 1. The second kappa shape index (κ2) is 9.93. The van der Waals surface area contributed by atoms with Crippen LogP contribution in [0.25, 0.3) is 0 Å². The Bertz CT molecular complexity index is 1120. The first kappa shape index (κ1) is 24.3. The van der Waals surface area contributed by atoms with Crippen LogP contribution < -0.4 is 9.47 Å². The summed E-state index contributed by atoms with van der Waals surface area (Å²) in [6, 6.07) is 3.72. The second-order valence-corrected chi connectivity index (χ2v) is 11.7. The maximum absolute atomic E-state index is 11.9. The molecule has 2 heterocycles. The van der Waals surface area contributed by atoms with Gasteiger partial charge in [0.15, 0.2) is 17.2 Å². The number of nitrogens with zero attached hydrogens (tertiary/aromatic N) is 1. The zero-order valence-electron chi connectivity index (χ0n) is 19.3. The SMILES string of the molecule is O=C(O)CC1CCC(Cc2cc3c(cc2Cl)OCO3)(Sc2nc[nH]c2C(=O)O)C(C2CCCC2)C1. The summed E-state index contributed by atoms with van der Waals surface area (Å²) in [5.74, 6) is 0.257. The number of H-pyrrole nitrogens is 1. The molecule has 0 radical (unpaired) electrons. The lowest BCUT2D eigenvalue weighted by molar-refractivity contribution is -0.138. The smallest absolute Gasteiger partial charge is 0.355 e. The van der Waals surface area contributed by atoms with E-state index in [0.717, 1.165) is 37.7 Å². The second-order valence-electron chi connectivity index (χ2n) is 9.92. The number of fused-ring (bicyclic) bond motifs is 1. The number of halogens is 1. The Hall–Kier alpha value is -2.39. The average molecular weight is 521 g/mol. The van der Waals surface area contributed by atoms with Crippen molar-refractivity contribution < 1.29 is 29.3 Å². The lowest BCUT2D eigenvalue weighted by Gasteiger charge is -2.49. The van der Waals surface area contributed by atoms with Crippen LogP contribution in [0.1, 0.15) is 67.4 Å². The van der Waals surface area contributed by atoms with Crippen molar-refractivity contribution in [1.29, 1.82) is 0 Å². The number of carboxylic acid groups (broad SMARTS) is 2. The van der Waals surface area contributed by atoms with Crippen molar-refractivity contribution in [2.24, 2.45) is 17.8 Å². The van der Waals surface area contributed by atoms with Crippen LogP contribution in [0.4, 0.5) is 0 Å². The number of benzene rings is 1. The van der Waals surface area contributed by atoms with Crippen molar-refractivity contribution in [1.82, 2.24) is 9.97 Å². The Kier molecular flexibility index (Phi) is 6.90. The van der Waals surface area contributed by atoms with Crippen molar-refractivity contribution in [3.8, 4) is 11.5 Å². The lowest BCUT2D eigenvalue weighted by atomic mass is 9.65. The van der Waals surface area contributed by atoms with Gasteiger partial charge in [-0.05, 0) is 55.1 Å². The van der Waals surface area contributed by atoms with E-state index in [4.69, 9.17) is 21.1 Å². The van der Waals surface area contributed by atoms with Crippen molar-refractivity contribution in [3.63, 3.8) is 0 Å². The van der Waals surface area contributed by atoms with Gasteiger partial charge in [0, 0.05) is 22.3 Å². The van der Waals surface area contributed by atoms with Gasteiger partial charge in [-0.15, -0.1) is 0 Å². The number of rotatable bonds is 8. The van der Waals surface area contributed by atoms with Gasteiger partial charge in [0.1, 0.15) is 5.03 Å². The molecule has 2 aromatic rings. The quantitative estimate of drug-likeness (QED) is 0.408. The van der Waals surface area contributed by atoms with Crippen LogP contribution in [0.5, 0.6) is 11.5 Å². The van der Waals surface area contributed by atoms with Crippen molar-refractivity contribution in [2.75, 3.05) is 6.79 Å². The third-order valence-electron chi connectivity index (χ3n) is 7.82. The summed E-state index contributed by atoms with van der Waals surface area (Å²) in [6.45, 7) is 0.159. The summed E-state index contributed by atoms with van der Waals surface area (Å²) in [4.78, 5) is 30.6. The van der Waals surface area contributed by atoms with Crippen LogP contribution >= 0.6 is 23.4 Å². The molecule has 3 N–H and O–H groups in total. The largest absolute Gasteiger partial charge is 0.481 e. The molecule has 2 fully saturated rings. The van der Waals surface area contributed by atoms with Crippen molar-refractivity contribution >= 4 is 35.3 Å². The first-order valence-electron chi connectivity index (χ1n) is 12.1. The maximum atomic E-state index is 11.9. The van der Waals surface area contributed by atoms with E-state index in [0.29, 0.717) is 33.9 Å². The molecule has 0 amide bonds. The third kappa shape index (κ3) is 4.98. The number of aromatic nitrogens is 2. The number of aromatic amines is 1. The highest BCUT2D eigenvalue weighted by Gasteiger charge is 2.49. The maximum Gasteiger partial charge on any atom is 0.355 e. The standard InChI is InChI=1S/C25H29ClN2O6S/c26-18-10-20-19(33-13-34-20)9-16(18)11-25(35-23-22(24(31)32)27-12-28-23)6-5-14(8-21(29)30)7-17(25)15-3-1-2-4-15/h9-10,12,14-15,17H,1-8,11,13H2,(H,27,28)(H,29,30)(H,31,32). The molecule has 10 heteroatoms. The number of nitrogens with one attached hydrogen (secondary N) is 1. The Labute approximate surface area is 212 Å². The number of aromatic carboxylic acids is 1. The number of aliphatic carboxylic acids is 1. The molecule has 0 spiro atoms. The van der Waals surface area contributed by atoms with Crippen LogP contribution in [-0.2, 0) is 11.2 Å². The molecule has 5 rings (SSSR count). The number of carboxylic acids is 2. The number of hydrogen-bond donors (Lipinski definition) is 3. The van der Waals surface area contributed by atoms with Gasteiger partial charge >= 0.3 is 11.9 Å².